The van der Waals surface area contributed by atoms with Crippen molar-refractivity contribution in [1.82, 2.24) is 10.2 Å². The molecule has 0 saturated heterocycles. The maximum Gasteiger partial charge on any atom is 0.238 e. The van der Waals surface area contributed by atoms with Gasteiger partial charge in [-0.3, -0.25) is 9.69 Å². The van der Waals surface area contributed by atoms with Crippen molar-refractivity contribution in [3.63, 3.8) is 0 Å². The number of carbonyl (C=O) groups is 1. The zero-order valence-corrected chi connectivity index (χ0v) is 17.7. The lowest BCUT2D eigenvalue weighted by Gasteiger charge is -2.34. The Balaban J connectivity index is 1.60. The third kappa shape index (κ3) is 6.62. The second-order valence-electron chi connectivity index (χ2n) is 7.79. The van der Waals surface area contributed by atoms with Crippen LogP contribution >= 0.6 is 0 Å². The van der Waals surface area contributed by atoms with E-state index in [-0.39, 0.29) is 23.2 Å². The molecule has 0 aliphatic heterocycles. The Hall–Kier alpha value is -2.29. The molecule has 0 unspecified atom stereocenters. The van der Waals surface area contributed by atoms with Crippen LogP contribution in [0, 0.1) is 5.82 Å². The van der Waals surface area contributed by atoms with E-state index in [4.69, 9.17) is 5.14 Å². The van der Waals surface area contributed by atoms with Crippen molar-refractivity contribution >= 4 is 15.9 Å². The number of sulfonamides is 1. The Bertz CT molecular complexity index is 941. The smallest absolute Gasteiger partial charge is 0.238 e. The summed E-state index contributed by atoms with van der Waals surface area (Å²) in [6.07, 6.45) is 5.65. The number of rotatable bonds is 8. The number of carbonyl (C=O) groups excluding carboxylic acids is 1. The molecule has 2 aromatic carbocycles. The van der Waals surface area contributed by atoms with Gasteiger partial charge in [-0.15, -0.1) is 0 Å². The summed E-state index contributed by atoms with van der Waals surface area (Å²) in [5.74, 6) is -0.368. The highest BCUT2D eigenvalue weighted by molar-refractivity contribution is 7.89. The fraction of sp³-hybridized carbons (Fsp3) is 0.409. The van der Waals surface area contributed by atoms with E-state index in [1.807, 2.05) is 0 Å². The minimum absolute atomic E-state index is 0.0420. The van der Waals surface area contributed by atoms with E-state index in [9.17, 15) is 17.6 Å². The van der Waals surface area contributed by atoms with Crippen LogP contribution in [0.2, 0.25) is 0 Å². The molecule has 162 valence electrons. The van der Waals surface area contributed by atoms with Crippen molar-refractivity contribution < 1.29 is 17.6 Å². The topological polar surface area (TPSA) is 92.5 Å². The summed E-state index contributed by atoms with van der Waals surface area (Å²) in [4.78, 5) is 14.8. The Morgan fingerprint density at radius 1 is 1.00 bits per heavy atom. The Morgan fingerprint density at radius 2 is 1.60 bits per heavy atom. The molecule has 1 amide bonds. The van der Waals surface area contributed by atoms with E-state index in [0.717, 1.165) is 36.8 Å². The zero-order chi connectivity index (χ0) is 21.6. The summed E-state index contributed by atoms with van der Waals surface area (Å²) >= 11 is 0. The summed E-state index contributed by atoms with van der Waals surface area (Å²) in [6.45, 7) is 1.16. The second-order valence-corrected chi connectivity index (χ2v) is 9.35. The summed E-state index contributed by atoms with van der Waals surface area (Å²) in [5, 5.41) is 8.00. The lowest BCUT2D eigenvalue weighted by Crippen LogP contribution is -2.43. The summed E-state index contributed by atoms with van der Waals surface area (Å²) in [5.41, 5.74) is 1.77. The van der Waals surface area contributed by atoms with Crippen LogP contribution in [0.5, 0.6) is 0 Å². The highest BCUT2D eigenvalue weighted by atomic mass is 32.2. The molecule has 2 aromatic rings. The van der Waals surface area contributed by atoms with Crippen LogP contribution in [0.3, 0.4) is 0 Å². The molecule has 0 aromatic heterocycles. The Labute approximate surface area is 177 Å². The van der Waals surface area contributed by atoms with E-state index >= 15 is 0 Å². The standard InChI is InChI=1S/C22H28FN3O3S/c23-19-10-6-18(7-11-19)15-26(20-4-2-1-3-5-20)16-22(27)25-14-17-8-12-21(13-9-17)30(24,28)29/h6-13,20H,1-5,14-16H2,(H,25,27)(H2,24,28,29). The largest absolute Gasteiger partial charge is 0.351 e. The number of halogens is 1. The Kier molecular flexibility index (Phi) is 7.58. The number of nitrogens with one attached hydrogen (secondary N) is 1. The predicted octanol–water partition coefficient (Wildman–Crippen LogP) is 2.92. The zero-order valence-electron chi connectivity index (χ0n) is 16.9. The molecular formula is C22H28FN3O3S. The van der Waals surface area contributed by atoms with Crippen LogP contribution in [0.25, 0.3) is 0 Å². The third-order valence-electron chi connectivity index (χ3n) is 5.48. The first-order chi connectivity index (χ1) is 14.3. The van der Waals surface area contributed by atoms with Gasteiger partial charge in [0.05, 0.1) is 11.4 Å². The molecule has 1 fully saturated rings. The number of hydrogen-bond donors (Lipinski definition) is 2. The van der Waals surface area contributed by atoms with Crippen molar-refractivity contribution in [2.24, 2.45) is 5.14 Å². The van der Waals surface area contributed by atoms with Gasteiger partial charge in [0.25, 0.3) is 0 Å². The van der Waals surface area contributed by atoms with Crippen molar-refractivity contribution in [1.29, 1.82) is 0 Å². The fourth-order valence-corrected chi connectivity index (χ4v) is 4.34. The highest BCUT2D eigenvalue weighted by Gasteiger charge is 2.23. The second kappa shape index (κ2) is 10.1. The SMILES string of the molecule is NS(=O)(=O)c1ccc(CNC(=O)CN(Cc2ccc(F)cc2)C2CCCCC2)cc1. The van der Waals surface area contributed by atoms with Gasteiger partial charge in [0.1, 0.15) is 5.82 Å². The minimum atomic E-state index is -3.73. The fourth-order valence-electron chi connectivity index (χ4n) is 3.82. The molecule has 0 radical (unpaired) electrons. The van der Waals surface area contributed by atoms with Gasteiger partial charge in [-0.25, -0.2) is 17.9 Å². The molecule has 0 spiro atoms. The van der Waals surface area contributed by atoms with Crippen molar-refractivity contribution in [2.75, 3.05) is 6.54 Å². The van der Waals surface area contributed by atoms with Gasteiger partial charge < -0.3 is 5.32 Å². The number of nitrogens with two attached hydrogens (primary N) is 1. The summed E-state index contributed by atoms with van der Waals surface area (Å²) in [6, 6.07) is 12.9. The first-order valence-corrected chi connectivity index (χ1v) is 11.7. The number of amides is 1. The van der Waals surface area contributed by atoms with E-state index in [0.29, 0.717) is 19.1 Å². The first kappa shape index (κ1) is 22.4. The lowest BCUT2D eigenvalue weighted by atomic mass is 9.93. The van der Waals surface area contributed by atoms with E-state index in [1.54, 1.807) is 24.3 Å². The number of primary sulfonamides is 1. The Morgan fingerprint density at radius 3 is 2.20 bits per heavy atom. The van der Waals surface area contributed by atoms with Gasteiger partial charge in [-0.1, -0.05) is 43.5 Å². The average Bonchev–Trinajstić information content (AvgIpc) is 2.73. The molecule has 1 saturated carbocycles. The third-order valence-corrected chi connectivity index (χ3v) is 6.41. The predicted molar refractivity (Wildman–Crippen MR) is 113 cm³/mol. The number of benzene rings is 2. The molecular weight excluding hydrogens is 405 g/mol. The van der Waals surface area contributed by atoms with Gasteiger partial charge >= 0.3 is 0 Å². The van der Waals surface area contributed by atoms with Crippen LogP contribution in [-0.2, 0) is 27.9 Å². The van der Waals surface area contributed by atoms with Crippen molar-refractivity contribution in [3.8, 4) is 0 Å². The molecule has 3 rings (SSSR count). The molecule has 1 aliphatic rings. The van der Waals surface area contributed by atoms with Crippen LogP contribution in [0.4, 0.5) is 4.39 Å². The molecule has 0 heterocycles. The molecule has 0 bridgehead atoms. The van der Waals surface area contributed by atoms with E-state index < -0.39 is 10.0 Å². The molecule has 8 heteroatoms. The van der Waals surface area contributed by atoms with E-state index in [2.05, 4.69) is 10.2 Å². The molecule has 3 N–H and O–H groups in total. The van der Waals surface area contributed by atoms with Gasteiger partial charge in [0, 0.05) is 19.1 Å². The monoisotopic (exact) mass is 433 g/mol. The molecule has 0 atom stereocenters. The van der Waals surface area contributed by atoms with Crippen molar-refractivity contribution in [2.45, 2.75) is 56.1 Å². The quantitative estimate of drug-likeness (QED) is 0.670. The maximum atomic E-state index is 13.2. The van der Waals surface area contributed by atoms with Gasteiger partial charge in [0.2, 0.25) is 15.9 Å². The first-order valence-electron chi connectivity index (χ1n) is 10.2. The maximum absolute atomic E-state index is 13.2. The molecule has 30 heavy (non-hydrogen) atoms. The lowest BCUT2D eigenvalue weighted by molar-refractivity contribution is -0.123. The van der Waals surface area contributed by atoms with Crippen LogP contribution < -0.4 is 10.5 Å². The van der Waals surface area contributed by atoms with Crippen LogP contribution in [0.1, 0.15) is 43.2 Å². The minimum Gasteiger partial charge on any atom is -0.351 e. The van der Waals surface area contributed by atoms with Crippen molar-refractivity contribution in [3.05, 3.63) is 65.5 Å². The molecule has 1 aliphatic carbocycles. The van der Waals surface area contributed by atoms with Gasteiger partial charge in [-0.05, 0) is 48.2 Å². The van der Waals surface area contributed by atoms with E-state index in [1.165, 1.54) is 30.7 Å². The highest BCUT2D eigenvalue weighted by Crippen LogP contribution is 2.24. The summed E-state index contributed by atoms with van der Waals surface area (Å²) < 4.78 is 35.9. The number of nitrogens with zero attached hydrogens (tertiary/aromatic N) is 1. The van der Waals surface area contributed by atoms with Crippen LogP contribution in [0.15, 0.2) is 53.4 Å². The number of hydrogen-bond acceptors (Lipinski definition) is 4. The molecule has 6 nitrogen and oxygen atoms in total. The summed E-state index contributed by atoms with van der Waals surface area (Å²) in [7, 11) is -3.73. The van der Waals surface area contributed by atoms with Crippen LogP contribution in [-0.4, -0.2) is 31.8 Å². The van der Waals surface area contributed by atoms with Gasteiger partial charge in [-0.2, -0.15) is 0 Å². The normalized spacial score (nSPS) is 15.3. The van der Waals surface area contributed by atoms with Gasteiger partial charge in [0.15, 0.2) is 0 Å². The average molecular weight is 434 g/mol.